The summed E-state index contributed by atoms with van der Waals surface area (Å²) in [6.45, 7) is 3.33. The fourth-order valence-electron chi connectivity index (χ4n) is 2.01. The Morgan fingerprint density at radius 3 is 2.73 bits per heavy atom. The second-order valence-corrected chi connectivity index (χ2v) is 4.64. The van der Waals surface area contributed by atoms with Crippen molar-refractivity contribution in [2.75, 3.05) is 17.2 Å². The summed E-state index contributed by atoms with van der Waals surface area (Å²) in [5.41, 5.74) is 1.58. The third-order valence-electron chi connectivity index (χ3n) is 3.01. The predicted octanol–water partition coefficient (Wildman–Crippen LogP) is 3.18. The third-order valence-corrected chi connectivity index (χ3v) is 3.01. The van der Waals surface area contributed by atoms with E-state index in [-0.39, 0.29) is 0 Å². The summed E-state index contributed by atoms with van der Waals surface area (Å²) in [6.07, 6.45) is 3.40. The van der Waals surface area contributed by atoms with Crippen molar-refractivity contribution < 1.29 is 4.42 Å². The maximum Gasteiger partial charge on any atom is 0.225 e. The Labute approximate surface area is 128 Å². The molecule has 0 aliphatic heterocycles. The molecule has 0 atom stereocenters. The molecule has 0 spiro atoms. The van der Waals surface area contributed by atoms with Gasteiger partial charge in [0.2, 0.25) is 5.95 Å². The van der Waals surface area contributed by atoms with Crippen LogP contribution in [0.15, 0.2) is 53.3 Å². The summed E-state index contributed by atoms with van der Waals surface area (Å²) in [5, 5.41) is 6.38. The van der Waals surface area contributed by atoms with Gasteiger partial charge in [-0.2, -0.15) is 4.98 Å². The Morgan fingerprint density at radius 2 is 2.00 bits per heavy atom. The monoisotopic (exact) mass is 295 g/mol. The molecule has 0 aliphatic carbocycles. The van der Waals surface area contributed by atoms with Gasteiger partial charge in [-0.05, 0) is 31.2 Å². The second-order valence-electron chi connectivity index (χ2n) is 4.64. The van der Waals surface area contributed by atoms with E-state index in [4.69, 9.17) is 4.42 Å². The van der Waals surface area contributed by atoms with Crippen LogP contribution in [0.25, 0.3) is 11.4 Å². The Kier molecular flexibility index (Phi) is 4.29. The zero-order chi connectivity index (χ0) is 15.2. The van der Waals surface area contributed by atoms with Gasteiger partial charge in [0.1, 0.15) is 11.6 Å². The summed E-state index contributed by atoms with van der Waals surface area (Å²) in [5.74, 6) is 2.15. The van der Waals surface area contributed by atoms with E-state index in [0.29, 0.717) is 12.5 Å². The zero-order valence-corrected chi connectivity index (χ0v) is 12.3. The fraction of sp³-hybridized carbons (Fsp3) is 0.188. The molecule has 22 heavy (non-hydrogen) atoms. The van der Waals surface area contributed by atoms with Gasteiger partial charge in [-0.3, -0.25) is 4.98 Å². The molecule has 6 heteroatoms. The summed E-state index contributed by atoms with van der Waals surface area (Å²) in [6, 6.07) is 11.4. The molecule has 0 aliphatic rings. The smallest absolute Gasteiger partial charge is 0.225 e. The van der Waals surface area contributed by atoms with Gasteiger partial charge in [0.15, 0.2) is 0 Å². The van der Waals surface area contributed by atoms with Crippen molar-refractivity contribution in [1.29, 1.82) is 0 Å². The summed E-state index contributed by atoms with van der Waals surface area (Å²) >= 11 is 0. The largest absolute Gasteiger partial charge is 0.467 e. The topological polar surface area (TPSA) is 75.9 Å². The average molecular weight is 295 g/mol. The van der Waals surface area contributed by atoms with E-state index in [2.05, 4.69) is 25.6 Å². The molecule has 0 unspecified atom stereocenters. The van der Waals surface area contributed by atoms with E-state index >= 15 is 0 Å². The molecule has 0 saturated heterocycles. The van der Waals surface area contributed by atoms with E-state index in [0.717, 1.165) is 29.5 Å². The molecule has 0 aromatic carbocycles. The third kappa shape index (κ3) is 3.41. The molecule has 6 nitrogen and oxygen atoms in total. The van der Waals surface area contributed by atoms with E-state index in [1.54, 1.807) is 12.5 Å². The molecule has 0 bridgehead atoms. The molecule has 0 saturated carbocycles. The average Bonchev–Trinajstić information content (AvgIpc) is 3.07. The predicted molar refractivity (Wildman–Crippen MR) is 85.5 cm³/mol. The number of aromatic nitrogens is 3. The highest BCUT2D eigenvalue weighted by Gasteiger charge is 2.07. The van der Waals surface area contributed by atoms with Crippen LogP contribution in [-0.4, -0.2) is 21.5 Å². The highest BCUT2D eigenvalue weighted by atomic mass is 16.3. The Morgan fingerprint density at radius 1 is 1.05 bits per heavy atom. The van der Waals surface area contributed by atoms with Gasteiger partial charge in [-0.1, -0.05) is 6.07 Å². The maximum absolute atomic E-state index is 5.31. The van der Waals surface area contributed by atoms with Crippen molar-refractivity contribution in [3.63, 3.8) is 0 Å². The number of rotatable bonds is 6. The molecule has 0 radical (unpaired) electrons. The fourth-order valence-corrected chi connectivity index (χ4v) is 2.01. The highest BCUT2D eigenvalue weighted by Crippen LogP contribution is 2.19. The Balaban J connectivity index is 1.86. The lowest BCUT2D eigenvalue weighted by atomic mass is 10.2. The summed E-state index contributed by atoms with van der Waals surface area (Å²) < 4.78 is 5.31. The first kappa shape index (κ1) is 14.1. The van der Waals surface area contributed by atoms with Crippen molar-refractivity contribution >= 4 is 11.8 Å². The van der Waals surface area contributed by atoms with Gasteiger partial charge in [0, 0.05) is 18.8 Å². The number of hydrogen-bond donors (Lipinski definition) is 2. The number of pyridine rings is 1. The lowest BCUT2D eigenvalue weighted by Gasteiger charge is -2.09. The molecule has 3 rings (SSSR count). The summed E-state index contributed by atoms with van der Waals surface area (Å²) in [7, 11) is 0. The van der Waals surface area contributed by atoms with Crippen molar-refractivity contribution in [3.05, 3.63) is 54.6 Å². The first-order valence-electron chi connectivity index (χ1n) is 7.16. The van der Waals surface area contributed by atoms with E-state index < -0.39 is 0 Å². The van der Waals surface area contributed by atoms with Crippen LogP contribution in [0, 0.1) is 0 Å². The number of furan rings is 1. The number of hydrogen-bond acceptors (Lipinski definition) is 6. The minimum Gasteiger partial charge on any atom is -0.467 e. The molecule has 2 N–H and O–H groups in total. The van der Waals surface area contributed by atoms with Crippen LogP contribution in [0.5, 0.6) is 0 Å². The normalized spacial score (nSPS) is 10.4. The minimum atomic E-state index is 0.567. The quantitative estimate of drug-likeness (QED) is 0.727. The van der Waals surface area contributed by atoms with E-state index in [1.807, 2.05) is 43.3 Å². The van der Waals surface area contributed by atoms with Crippen molar-refractivity contribution in [2.45, 2.75) is 13.5 Å². The highest BCUT2D eigenvalue weighted by molar-refractivity contribution is 5.60. The lowest BCUT2D eigenvalue weighted by molar-refractivity contribution is 0.518. The summed E-state index contributed by atoms with van der Waals surface area (Å²) in [4.78, 5) is 13.3. The second kappa shape index (κ2) is 6.71. The first-order valence-corrected chi connectivity index (χ1v) is 7.16. The van der Waals surface area contributed by atoms with Crippen molar-refractivity contribution in [2.24, 2.45) is 0 Å². The standard InChI is InChI=1S/C16H17N5O/c1-2-17-16-20-14(13-7-3-4-8-18-13)10-15(21-16)19-11-12-6-5-9-22-12/h3-10H,2,11H2,1H3,(H2,17,19,20,21). The van der Waals surface area contributed by atoms with E-state index in [9.17, 15) is 0 Å². The van der Waals surface area contributed by atoms with Gasteiger partial charge in [0.05, 0.1) is 24.2 Å². The molecule has 3 heterocycles. The Bertz CT molecular complexity index is 713. The number of nitrogens with zero attached hydrogens (tertiary/aromatic N) is 3. The lowest BCUT2D eigenvalue weighted by Crippen LogP contribution is -2.07. The molecule has 3 aromatic rings. The SMILES string of the molecule is CCNc1nc(NCc2ccco2)cc(-c2ccccn2)n1. The number of anilines is 2. The molecule has 0 amide bonds. The maximum atomic E-state index is 5.31. The Hall–Kier alpha value is -2.89. The van der Waals surface area contributed by atoms with E-state index in [1.165, 1.54) is 0 Å². The van der Waals surface area contributed by atoms with Crippen LogP contribution in [0.2, 0.25) is 0 Å². The van der Waals surface area contributed by atoms with Crippen LogP contribution in [0.4, 0.5) is 11.8 Å². The zero-order valence-electron chi connectivity index (χ0n) is 12.3. The van der Waals surface area contributed by atoms with Gasteiger partial charge in [-0.25, -0.2) is 4.98 Å². The molecular formula is C16H17N5O. The molecule has 3 aromatic heterocycles. The molecular weight excluding hydrogens is 278 g/mol. The van der Waals surface area contributed by atoms with Crippen LogP contribution in [0.3, 0.4) is 0 Å². The van der Waals surface area contributed by atoms with Gasteiger partial charge >= 0.3 is 0 Å². The van der Waals surface area contributed by atoms with Gasteiger partial charge in [0.25, 0.3) is 0 Å². The first-order chi connectivity index (χ1) is 10.8. The van der Waals surface area contributed by atoms with Crippen LogP contribution >= 0.6 is 0 Å². The van der Waals surface area contributed by atoms with Crippen molar-refractivity contribution in [1.82, 2.24) is 15.0 Å². The van der Waals surface area contributed by atoms with Crippen LogP contribution in [0.1, 0.15) is 12.7 Å². The van der Waals surface area contributed by atoms with Gasteiger partial charge < -0.3 is 15.1 Å². The van der Waals surface area contributed by atoms with Crippen molar-refractivity contribution in [3.8, 4) is 11.4 Å². The number of nitrogens with one attached hydrogen (secondary N) is 2. The molecule has 0 fully saturated rings. The van der Waals surface area contributed by atoms with Crippen LogP contribution < -0.4 is 10.6 Å². The van der Waals surface area contributed by atoms with Crippen LogP contribution in [-0.2, 0) is 6.54 Å². The van der Waals surface area contributed by atoms with Gasteiger partial charge in [-0.15, -0.1) is 0 Å². The minimum absolute atomic E-state index is 0.567. The molecule has 112 valence electrons.